The normalized spacial score (nSPS) is 31.9. The van der Waals surface area contributed by atoms with Gasteiger partial charge in [0.25, 0.3) is 0 Å². The van der Waals surface area contributed by atoms with Crippen molar-refractivity contribution in [3.05, 3.63) is 85.1 Å². The fourth-order valence-electron chi connectivity index (χ4n) is 8.62. The summed E-state index contributed by atoms with van der Waals surface area (Å²) in [7, 11) is 0. The summed E-state index contributed by atoms with van der Waals surface area (Å²) in [6.45, 7) is 1.47. The van der Waals surface area contributed by atoms with Crippen LogP contribution in [0.4, 0.5) is 0 Å². The summed E-state index contributed by atoms with van der Waals surface area (Å²) in [5.74, 6) is -0.320. The highest BCUT2D eigenvalue weighted by Gasteiger charge is 2.53. The molecule has 0 aliphatic carbocycles. The van der Waals surface area contributed by atoms with Crippen LogP contribution in [0.1, 0.15) is 129 Å². The van der Waals surface area contributed by atoms with E-state index < -0.39 is 124 Å². The maximum Gasteiger partial charge on any atom is 0.220 e. The Morgan fingerprint density at radius 3 is 1.48 bits per heavy atom. The van der Waals surface area contributed by atoms with Gasteiger partial charge in [-0.25, -0.2) is 0 Å². The van der Waals surface area contributed by atoms with E-state index in [-0.39, 0.29) is 18.9 Å². The van der Waals surface area contributed by atoms with Crippen LogP contribution in [0.15, 0.2) is 85.1 Å². The molecule has 12 N–H and O–H groups in total. The monoisotopic (exact) mass is 1070 g/mol. The lowest BCUT2D eigenvalue weighted by Crippen LogP contribution is -2.66. The van der Waals surface area contributed by atoms with Crippen molar-refractivity contribution in [1.82, 2.24) is 5.32 Å². The van der Waals surface area contributed by atoms with Crippen LogP contribution in [0, 0.1) is 0 Å². The Morgan fingerprint density at radius 2 is 0.933 bits per heavy atom. The molecule has 3 fully saturated rings. The molecule has 19 heteroatoms. The number of carbonyl (C=O) groups is 1. The maximum atomic E-state index is 13.3. The fourth-order valence-corrected chi connectivity index (χ4v) is 8.62. The zero-order chi connectivity index (χ0) is 54.8. The standard InChI is InChI=1S/C56H93NO18/c1-3-5-7-9-11-13-15-17-18-19-20-22-24-26-28-30-32-34-44(62)57-39(40(61)33-31-29-27-25-23-21-16-14-12-10-8-6-4-2)38-70-54-50(68)47(65)52(42(36-59)72-54)75-56-51(69)48(66)53(43(37-60)73-56)74-55-49(67)46(64)45(63)41(35-58)71-55/h5,7,11-14,17-18,20,22-23,25,31,33,39-43,45-56,58-61,63-69H,3-4,6,8-10,15-16,19,21,24,26-30,32,34-38H2,1-2H3,(H,57,62)/b7-5-,13-11-,14-12+,18-17-,22-20-,25-23+,33-31+. The van der Waals surface area contributed by atoms with Gasteiger partial charge in [-0.05, 0) is 83.5 Å². The molecule has 3 saturated heterocycles. The van der Waals surface area contributed by atoms with E-state index >= 15 is 0 Å². The molecule has 17 unspecified atom stereocenters. The molecule has 0 radical (unpaired) electrons. The van der Waals surface area contributed by atoms with Crippen molar-refractivity contribution in [3.8, 4) is 0 Å². The molecule has 1 amide bonds. The number of unbranched alkanes of at least 4 members (excludes halogenated alkanes) is 9. The van der Waals surface area contributed by atoms with Crippen LogP contribution in [0.5, 0.6) is 0 Å². The third-order valence-corrected chi connectivity index (χ3v) is 13.2. The predicted molar refractivity (Wildman–Crippen MR) is 281 cm³/mol. The minimum atomic E-state index is -1.99. The highest BCUT2D eigenvalue weighted by molar-refractivity contribution is 5.76. The number of hydrogen-bond acceptors (Lipinski definition) is 18. The van der Waals surface area contributed by atoms with Crippen LogP contribution in [-0.4, -0.2) is 193 Å². The van der Waals surface area contributed by atoms with Gasteiger partial charge < -0.3 is 89.9 Å². The molecule has 0 aromatic rings. The third kappa shape index (κ3) is 24.3. The number of allylic oxidation sites excluding steroid dienone is 13. The first-order chi connectivity index (χ1) is 36.3. The fraction of sp³-hybridized carbons (Fsp3) is 0.732. The minimum absolute atomic E-state index is 0.198. The number of aliphatic hydroxyl groups excluding tert-OH is 11. The average Bonchev–Trinajstić information content (AvgIpc) is 3.41. The van der Waals surface area contributed by atoms with E-state index in [0.29, 0.717) is 12.8 Å². The van der Waals surface area contributed by atoms with E-state index in [4.69, 9.17) is 28.4 Å². The van der Waals surface area contributed by atoms with Crippen molar-refractivity contribution in [2.75, 3.05) is 26.4 Å². The lowest BCUT2D eigenvalue weighted by atomic mass is 9.96. The zero-order valence-corrected chi connectivity index (χ0v) is 44.2. The Labute approximate surface area is 444 Å². The average molecular weight is 1070 g/mol. The molecule has 3 aliphatic rings. The molecule has 0 aromatic carbocycles. The Balaban J connectivity index is 1.56. The molecule has 3 rings (SSSR count). The molecule has 0 bridgehead atoms. The molecule has 17 atom stereocenters. The van der Waals surface area contributed by atoms with Crippen molar-refractivity contribution in [2.45, 2.75) is 234 Å². The summed E-state index contributed by atoms with van der Waals surface area (Å²) in [5, 5.41) is 120. The summed E-state index contributed by atoms with van der Waals surface area (Å²) >= 11 is 0. The lowest BCUT2D eigenvalue weighted by molar-refractivity contribution is -0.379. The summed E-state index contributed by atoms with van der Waals surface area (Å²) in [4.78, 5) is 13.3. The Hall–Kier alpha value is -3.03. The zero-order valence-electron chi connectivity index (χ0n) is 44.2. The molecule has 3 heterocycles. The van der Waals surface area contributed by atoms with Crippen LogP contribution in [0.3, 0.4) is 0 Å². The van der Waals surface area contributed by atoms with Gasteiger partial charge in [-0.15, -0.1) is 0 Å². The van der Waals surface area contributed by atoms with Gasteiger partial charge in [0.05, 0.1) is 38.6 Å². The molecule has 0 aromatic heterocycles. The Morgan fingerprint density at radius 1 is 0.493 bits per heavy atom. The second-order valence-electron chi connectivity index (χ2n) is 19.3. The minimum Gasteiger partial charge on any atom is -0.394 e. The van der Waals surface area contributed by atoms with E-state index in [0.717, 1.165) is 77.0 Å². The van der Waals surface area contributed by atoms with E-state index in [9.17, 15) is 61.0 Å². The summed E-state index contributed by atoms with van der Waals surface area (Å²) in [6.07, 6.45) is 18.6. The molecular formula is C56H93NO18. The van der Waals surface area contributed by atoms with Crippen molar-refractivity contribution < 1.29 is 89.4 Å². The van der Waals surface area contributed by atoms with Gasteiger partial charge in [0.15, 0.2) is 18.9 Å². The molecule has 3 aliphatic heterocycles. The van der Waals surface area contributed by atoms with Crippen LogP contribution in [0.25, 0.3) is 0 Å². The Kier molecular flexibility index (Phi) is 34.8. The number of nitrogens with one attached hydrogen (secondary N) is 1. The van der Waals surface area contributed by atoms with Crippen LogP contribution in [0.2, 0.25) is 0 Å². The SMILES string of the molecule is CC/C=C\C/C=C\C/C=C\C/C=C\CCCCCCC(=O)NC(COC1OC(CO)C(OC2OC(CO)C(OC3OC(CO)C(O)C(O)C3O)C(O)C2O)C(O)C1O)C(O)/C=C/CC/C=C/CC/C=C/CCCCC. The molecule has 430 valence electrons. The first kappa shape index (κ1) is 66.3. The van der Waals surface area contributed by atoms with Gasteiger partial charge in [-0.3, -0.25) is 4.79 Å². The summed E-state index contributed by atoms with van der Waals surface area (Å²) in [5.41, 5.74) is 0. The number of amides is 1. The Bertz CT molecular complexity index is 1700. The van der Waals surface area contributed by atoms with Gasteiger partial charge in [0.2, 0.25) is 5.91 Å². The van der Waals surface area contributed by atoms with Crippen LogP contribution >= 0.6 is 0 Å². The lowest BCUT2D eigenvalue weighted by Gasteiger charge is -2.48. The van der Waals surface area contributed by atoms with Gasteiger partial charge >= 0.3 is 0 Å². The largest absolute Gasteiger partial charge is 0.394 e. The number of hydrogen-bond donors (Lipinski definition) is 12. The maximum absolute atomic E-state index is 13.3. The topological polar surface area (TPSA) is 307 Å². The van der Waals surface area contributed by atoms with Crippen LogP contribution in [-0.2, 0) is 33.2 Å². The highest BCUT2D eigenvalue weighted by Crippen LogP contribution is 2.33. The van der Waals surface area contributed by atoms with E-state index in [1.807, 2.05) is 6.08 Å². The van der Waals surface area contributed by atoms with Crippen molar-refractivity contribution in [2.24, 2.45) is 0 Å². The number of aliphatic hydroxyl groups is 11. The predicted octanol–water partition coefficient (Wildman–Crippen LogP) is 3.25. The van der Waals surface area contributed by atoms with Crippen molar-refractivity contribution in [1.29, 1.82) is 0 Å². The molecule has 0 saturated carbocycles. The van der Waals surface area contributed by atoms with Gasteiger partial charge in [0, 0.05) is 6.42 Å². The van der Waals surface area contributed by atoms with Crippen molar-refractivity contribution >= 4 is 5.91 Å². The van der Waals surface area contributed by atoms with Gasteiger partial charge in [-0.2, -0.15) is 0 Å². The number of ether oxygens (including phenoxy) is 6. The number of carbonyl (C=O) groups excluding carboxylic acids is 1. The summed E-state index contributed by atoms with van der Waals surface area (Å²) < 4.78 is 34.1. The summed E-state index contributed by atoms with van der Waals surface area (Å²) in [6, 6.07) is -1.01. The van der Waals surface area contributed by atoms with E-state index in [2.05, 4.69) is 92.1 Å². The van der Waals surface area contributed by atoms with E-state index in [1.165, 1.54) is 19.3 Å². The second kappa shape index (κ2) is 39.3. The first-order valence-corrected chi connectivity index (χ1v) is 27.3. The van der Waals surface area contributed by atoms with E-state index in [1.54, 1.807) is 6.08 Å². The van der Waals surface area contributed by atoms with Gasteiger partial charge in [-0.1, -0.05) is 125 Å². The molecular weight excluding hydrogens is 975 g/mol. The quantitative estimate of drug-likeness (QED) is 0.0314. The molecule has 0 spiro atoms. The second-order valence-corrected chi connectivity index (χ2v) is 19.3. The first-order valence-electron chi connectivity index (χ1n) is 27.3. The smallest absolute Gasteiger partial charge is 0.220 e. The van der Waals surface area contributed by atoms with Crippen LogP contribution < -0.4 is 5.32 Å². The third-order valence-electron chi connectivity index (χ3n) is 13.2. The molecule has 75 heavy (non-hydrogen) atoms. The van der Waals surface area contributed by atoms with Crippen molar-refractivity contribution in [3.63, 3.8) is 0 Å². The molecule has 19 nitrogen and oxygen atoms in total. The highest BCUT2D eigenvalue weighted by atomic mass is 16.8. The number of rotatable bonds is 37. The van der Waals surface area contributed by atoms with Gasteiger partial charge in [0.1, 0.15) is 73.2 Å².